The van der Waals surface area contributed by atoms with Gasteiger partial charge in [0.05, 0.1) is 21.8 Å². The molecule has 0 fully saturated rings. The van der Waals surface area contributed by atoms with Crippen LogP contribution in [0.5, 0.6) is 0 Å². The van der Waals surface area contributed by atoms with Gasteiger partial charge in [-0.15, -0.1) is 0 Å². The Morgan fingerprint density at radius 3 is 2.75 bits per heavy atom. The second-order valence-corrected chi connectivity index (χ2v) is 3.73. The summed E-state index contributed by atoms with van der Waals surface area (Å²) in [5, 5.41) is 8.73. The third kappa shape index (κ3) is 2.27. The number of rotatable bonds is 2. The van der Waals surface area contributed by atoms with Crippen molar-refractivity contribution in [3.05, 3.63) is 26.6 Å². The van der Waals surface area contributed by atoms with E-state index in [0.717, 1.165) is 13.3 Å². The van der Waals surface area contributed by atoms with Crippen molar-refractivity contribution in [3.63, 3.8) is 0 Å². The van der Waals surface area contributed by atoms with Crippen LogP contribution < -0.4 is 0 Å². The predicted molar refractivity (Wildman–Crippen MR) is 58.0 cm³/mol. The molecule has 0 spiro atoms. The molecule has 0 N–H and O–H groups in total. The van der Waals surface area contributed by atoms with Gasteiger partial charge in [-0.3, -0.25) is 4.98 Å². The number of hydrogen-bond acceptors (Lipinski definition) is 4. The van der Waals surface area contributed by atoms with E-state index in [1.54, 1.807) is 28.7 Å². The number of halogens is 3. The first-order valence-electron chi connectivity index (χ1n) is 3.97. The van der Waals surface area contributed by atoms with Crippen molar-refractivity contribution in [1.29, 1.82) is 5.26 Å². The van der Waals surface area contributed by atoms with Gasteiger partial charge in [-0.05, 0) is 22.6 Å². The highest BCUT2D eigenvalue weighted by molar-refractivity contribution is 14.1. The van der Waals surface area contributed by atoms with Gasteiger partial charge in [-0.25, -0.2) is 13.6 Å². The summed E-state index contributed by atoms with van der Waals surface area (Å²) in [5.74, 6) is -0.828. The molecule has 0 aliphatic rings. The highest BCUT2D eigenvalue weighted by Crippen LogP contribution is 2.27. The van der Waals surface area contributed by atoms with Crippen LogP contribution in [0.4, 0.5) is 8.78 Å². The Morgan fingerprint density at radius 1 is 1.69 bits per heavy atom. The van der Waals surface area contributed by atoms with E-state index < -0.39 is 18.1 Å². The Morgan fingerprint density at radius 2 is 2.31 bits per heavy atom. The number of esters is 1. The summed E-state index contributed by atoms with van der Waals surface area (Å²) in [6.07, 6.45) is -1.86. The van der Waals surface area contributed by atoms with Crippen LogP contribution in [0.25, 0.3) is 0 Å². The predicted octanol–water partition coefficient (Wildman–Crippen LogP) is 2.28. The number of carbonyl (C=O) groups excluding carboxylic acids is 1. The fourth-order valence-electron chi connectivity index (χ4n) is 1.04. The van der Waals surface area contributed by atoms with Gasteiger partial charge in [0, 0.05) is 6.20 Å². The molecule has 1 rings (SSSR count). The Bertz CT molecular complexity index is 471. The smallest absolute Gasteiger partial charge is 0.340 e. The van der Waals surface area contributed by atoms with Crippen molar-refractivity contribution in [3.8, 4) is 6.07 Å². The topological polar surface area (TPSA) is 63.0 Å². The molecule has 0 saturated carbocycles. The lowest BCUT2D eigenvalue weighted by molar-refractivity contribution is 0.0598. The zero-order valence-electron chi connectivity index (χ0n) is 8.00. The lowest BCUT2D eigenvalue weighted by Crippen LogP contribution is -2.10. The van der Waals surface area contributed by atoms with E-state index in [1.807, 2.05) is 0 Å². The number of hydrogen-bond donors (Lipinski definition) is 0. The largest absolute Gasteiger partial charge is 0.465 e. The van der Waals surface area contributed by atoms with Crippen molar-refractivity contribution in [2.45, 2.75) is 6.43 Å². The number of methoxy groups -OCH3 is 1. The van der Waals surface area contributed by atoms with E-state index in [0.29, 0.717) is 0 Å². The molecule has 1 heterocycles. The Kier molecular flexibility index (Phi) is 4.12. The van der Waals surface area contributed by atoms with Crippen LogP contribution in [0, 0.1) is 14.9 Å². The van der Waals surface area contributed by atoms with Crippen molar-refractivity contribution >= 4 is 28.6 Å². The van der Waals surface area contributed by atoms with Crippen LogP contribution in [0.2, 0.25) is 0 Å². The molecular weight excluding hydrogens is 333 g/mol. The zero-order chi connectivity index (χ0) is 12.3. The zero-order valence-corrected chi connectivity index (χ0v) is 10.2. The second-order valence-electron chi connectivity index (χ2n) is 2.65. The van der Waals surface area contributed by atoms with E-state index in [-0.39, 0.29) is 14.7 Å². The number of carbonyl (C=O) groups is 1. The molecule has 16 heavy (non-hydrogen) atoms. The molecule has 7 heteroatoms. The van der Waals surface area contributed by atoms with Gasteiger partial charge in [0.2, 0.25) is 0 Å². The van der Waals surface area contributed by atoms with E-state index in [9.17, 15) is 13.6 Å². The number of nitriles is 1. The molecule has 1 aromatic heterocycles. The van der Waals surface area contributed by atoms with Gasteiger partial charge >= 0.3 is 5.97 Å². The average Bonchev–Trinajstić information content (AvgIpc) is 2.26. The summed E-state index contributed by atoms with van der Waals surface area (Å²) < 4.78 is 29.4. The summed E-state index contributed by atoms with van der Waals surface area (Å²) in [6.45, 7) is 0. The minimum absolute atomic E-state index is 0.0569. The van der Waals surface area contributed by atoms with Gasteiger partial charge in [0.15, 0.2) is 0 Å². The first-order valence-corrected chi connectivity index (χ1v) is 5.05. The van der Waals surface area contributed by atoms with Crippen LogP contribution in [0.3, 0.4) is 0 Å². The lowest BCUT2D eigenvalue weighted by Gasteiger charge is -2.08. The number of ether oxygens (including phenoxy) is 1. The summed E-state index contributed by atoms with van der Waals surface area (Å²) in [6, 6.07) is 1.70. The van der Waals surface area contributed by atoms with Crippen LogP contribution in [0.1, 0.15) is 28.0 Å². The number of aromatic nitrogens is 1. The van der Waals surface area contributed by atoms with Crippen LogP contribution >= 0.6 is 22.6 Å². The maximum Gasteiger partial charge on any atom is 0.340 e. The van der Waals surface area contributed by atoms with Crippen LogP contribution in [-0.2, 0) is 4.74 Å². The maximum atomic E-state index is 12.5. The first-order chi connectivity index (χ1) is 7.52. The maximum absolute atomic E-state index is 12.5. The SMILES string of the molecule is COC(=O)c1c(C#N)cnc(C(F)F)c1I. The van der Waals surface area contributed by atoms with Gasteiger partial charge in [-0.2, -0.15) is 5.26 Å². The normalized spacial score (nSPS) is 10.0. The first kappa shape index (κ1) is 12.8. The highest BCUT2D eigenvalue weighted by Gasteiger charge is 2.23. The lowest BCUT2D eigenvalue weighted by atomic mass is 10.1. The highest BCUT2D eigenvalue weighted by atomic mass is 127. The van der Waals surface area contributed by atoms with Gasteiger partial charge in [-0.1, -0.05) is 0 Å². The molecule has 0 aromatic carbocycles. The molecule has 0 bridgehead atoms. The summed E-state index contributed by atoms with van der Waals surface area (Å²) >= 11 is 1.55. The molecule has 4 nitrogen and oxygen atoms in total. The quantitative estimate of drug-likeness (QED) is 0.613. The van der Waals surface area contributed by atoms with Crippen LogP contribution in [-0.4, -0.2) is 18.1 Å². The molecule has 84 valence electrons. The van der Waals surface area contributed by atoms with E-state index in [1.165, 1.54) is 0 Å². The average molecular weight is 338 g/mol. The van der Waals surface area contributed by atoms with E-state index in [4.69, 9.17) is 5.26 Å². The third-order valence-corrected chi connectivity index (χ3v) is 2.86. The Hall–Kier alpha value is -1.30. The van der Waals surface area contributed by atoms with Crippen LogP contribution in [0.15, 0.2) is 6.20 Å². The number of nitrogens with zero attached hydrogens (tertiary/aromatic N) is 2. The minimum Gasteiger partial charge on any atom is -0.465 e. The monoisotopic (exact) mass is 338 g/mol. The van der Waals surface area contributed by atoms with Gasteiger partial charge in [0.25, 0.3) is 6.43 Å². The molecule has 1 aromatic rings. The molecule has 0 aliphatic heterocycles. The number of alkyl halides is 2. The molecule has 0 unspecified atom stereocenters. The molecule has 0 radical (unpaired) electrons. The van der Waals surface area contributed by atoms with Gasteiger partial charge in [0.1, 0.15) is 11.8 Å². The molecule has 0 atom stereocenters. The molecule has 0 aliphatic carbocycles. The summed E-state index contributed by atoms with van der Waals surface area (Å²) in [4.78, 5) is 14.8. The van der Waals surface area contributed by atoms with Crippen molar-refractivity contribution in [2.24, 2.45) is 0 Å². The Balaban J connectivity index is 3.48. The van der Waals surface area contributed by atoms with E-state index >= 15 is 0 Å². The summed E-state index contributed by atoms with van der Waals surface area (Å²) in [5.41, 5.74) is -0.781. The van der Waals surface area contributed by atoms with Crippen molar-refractivity contribution in [1.82, 2.24) is 4.98 Å². The fraction of sp³-hybridized carbons (Fsp3) is 0.222. The van der Waals surface area contributed by atoms with E-state index in [2.05, 4.69) is 9.72 Å². The fourth-order valence-corrected chi connectivity index (χ4v) is 1.93. The molecule has 0 amide bonds. The summed E-state index contributed by atoms with van der Waals surface area (Å²) in [7, 11) is 1.11. The van der Waals surface area contributed by atoms with Gasteiger partial charge < -0.3 is 4.74 Å². The second kappa shape index (κ2) is 5.16. The Labute approximate surface area is 103 Å². The standard InChI is InChI=1S/C9H5F2IN2O2/c1-16-9(15)5-4(2-13)3-14-7(6(5)12)8(10)11/h3,8H,1H3. The molecular formula is C9H5F2IN2O2. The third-order valence-electron chi connectivity index (χ3n) is 1.76. The van der Waals surface area contributed by atoms with Crippen molar-refractivity contribution < 1.29 is 18.3 Å². The number of pyridine rings is 1. The van der Waals surface area contributed by atoms with Crippen molar-refractivity contribution in [2.75, 3.05) is 7.11 Å². The molecule has 0 saturated heterocycles. The minimum atomic E-state index is -2.80.